The van der Waals surface area contributed by atoms with Crippen molar-refractivity contribution in [3.05, 3.63) is 63.7 Å². The molecule has 0 saturated heterocycles. The van der Waals surface area contributed by atoms with Crippen molar-refractivity contribution < 1.29 is 9.72 Å². The highest BCUT2D eigenvalue weighted by Gasteiger charge is 2.23. The Morgan fingerprint density at radius 1 is 1.33 bits per heavy atom. The molecule has 120 valence electrons. The molecule has 0 aromatic heterocycles. The molecule has 0 unspecified atom stereocenters. The Morgan fingerprint density at radius 2 is 2.12 bits per heavy atom. The summed E-state index contributed by atoms with van der Waals surface area (Å²) in [4.78, 5) is 24.3. The van der Waals surface area contributed by atoms with Crippen LogP contribution in [0.3, 0.4) is 0 Å². The van der Waals surface area contributed by atoms with Crippen LogP contribution in [0.2, 0.25) is 0 Å². The van der Waals surface area contributed by atoms with Crippen LogP contribution in [0.25, 0.3) is 0 Å². The Hall–Kier alpha value is -3.40. The van der Waals surface area contributed by atoms with Gasteiger partial charge in [-0.3, -0.25) is 14.9 Å². The maximum absolute atomic E-state index is 12.4. The first-order valence-electron chi connectivity index (χ1n) is 7.41. The number of carbonyl (C=O) groups excluding carboxylic acids is 1. The van der Waals surface area contributed by atoms with Crippen molar-refractivity contribution in [1.29, 1.82) is 5.26 Å². The van der Waals surface area contributed by atoms with E-state index in [-0.39, 0.29) is 23.7 Å². The predicted molar refractivity (Wildman–Crippen MR) is 88.8 cm³/mol. The minimum absolute atomic E-state index is 0.0380. The molecule has 3 rings (SSSR count). The van der Waals surface area contributed by atoms with Gasteiger partial charge in [-0.2, -0.15) is 5.26 Å². The number of carbonyl (C=O) groups is 1. The number of para-hydroxylation sites is 1. The van der Waals surface area contributed by atoms with E-state index in [4.69, 9.17) is 5.26 Å². The molecule has 7 nitrogen and oxygen atoms in total. The monoisotopic (exact) mass is 322 g/mol. The number of nitro groups is 1. The number of fused-ring (bicyclic) bond motifs is 1. The lowest BCUT2D eigenvalue weighted by atomic mass is 10.1. The van der Waals surface area contributed by atoms with Crippen LogP contribution in [0.4, 0.5) is 17.1 Å². The number of anilines is 2. The fourth-order valence-corrected chi connectivity index (χ4v) is 2.77. The lowest BCUT2D eigenvalue weighted by Gasteiger charge is -2.18. The molecule has 0 spiro atoms. The smallest absolute Gasteiger partial charge is 0.287 e. The quantitative estimate of drug-likeness (QED) is 0.688. The van der Waals surface area contributed by atoms with Crippen LogP contribution in [0.1, 0.15) is 11.1 Å². The summed E-state index contributed by atoms with van der Waals surface area (Å²) in [5.74, 6) is -0.0863. The molecule has 0 aliphatic carbocycles. The molecule has 1 heterocycles. The van der Waals surface area contributed by atoms with E-state index in [0.29, 0.717) is 12.2 Å². The summed E-state index contributed by atoms with van der Waals surface area (Å²) in [6.45, 7) is 0.695. The number of nitrogens with one attached hydrogen (secondary N) is 1. The van der Waals surface area contributed by atoms with E-state index < -0.39 is 4.92 Å². The Morgan fingerprint density at radius 3 is 2.88 bits per heavy atom. The normalized spacial score (nSPS) is 12.4. The molecule has 2 aromatic carbocycles. The van der Waals surface area contributed by atoms with E-state index in [2.05, 4.69) is 5.32 Å². The lowest BCUT2D eigenvalue weighted by molar-refractivity contribution is -0.385. The highest BCUT2D eigenvalue weighted by molar-refractivity contribution is 5.98. The Balaban J connectivity index is 1.70. The van der Waals surface area contributed by atoms with E-state index in [9.17, 15) is 14.9 Å². The van der Waals surface area contributed by atoms with Crippen molar-refractivity contribution in [2.45, 2.75) is 6.42 Å². The van der Waals surface area contributed by atoms with Crippen molar-refractivity contribution in [3.8, 4) is 6.07 Å². The topological polar surface area (TPSA) is 99.3 Å². The standard InChI is InChI=1S/C17H14N4O3/c18-10-13-9-14(5-6-16(13)21(23)24)19-11-17(22)20-8-7-12-3-1-2-4-15(12)20/h1-6,9,19H,7-8,11H2. The highest BCUT2D eigenvalue weighted by atomic mass is 16.6. The largest absolute Gasteiger partial charge is 0.376 e. The second-order valence-electron chi connectivity index (χ2n) is 5.38. The van der Waals surface area contributed by atoms with Crippen molar-refractivity contribution in [3.63, 3.8) is 0 Å². The SMILES string of the molecule is N#Cc1cc(NCC(=O)N2CCc3ccccc32)ccc1[N+](=O)[O-]. The first-order chi connectivity index (χ1) is 11.6. The van der Waals surface area contributed by atoms with Gasteiger partial charge >= 0.3 is 0 Å². The Kier molecular flexibility index (Phi) is 4.12. The molecule has 1 aliphatic rings. The number of benzene rings is 2. The van der Waals surface area contributed by atoms with Crippen molar-refractivity contribution >= 4 is 23.0 Å². The Bertz CT molecular complexity index is 857. The summed E-state index contributed by atoms with van der Waals surface area (Å²) < 4.78 is 0. The molecule has 7 heteroatoms. The minimum atomic E-state index is -0.603. The average molecular weight is 322 g/mol. The fourth-order valence-electron chi connectivity index (χ4n) is 2.77. The van der Waals surface area contributed by atoms with Gasteiger partial charge in [-0.15, -0.1) is 0 Å². The second-order valence-corrected chi connectivity index (χ2v) is 5.38. The number of hydrogen-bond acceptors (Lipinski definition) is 5. The van der Waals surface area contributed by atoms with Gasteiger partial charge in [-0.05, 0) is 30.2 Å². The summed E-state index contributed by atoms with van der Waals surface area (Å²) in [5, 5.41) is 22.7. The summed E-state index contributed by atoms with van der Waals surface area (Å²) >= 11 is 0. The number of nitro benzene ring substituents is 1. The van der Waals surface area contributed by atoms with E-state index in [1.807, 2.05) is 24.3 Å². The summed E-state index contributed by atoms with van der Waals surface area (Å²) in [5.41, 5.74) is 2.28. The van der Waals surface area contributed by atoms with Gasteiger partial charge in [0.05, 0.1) is 11.5 Å². The van der Waals surface area contributed by atoms with Gasteiger partial charge in [0.25, 0.3) is 5.69 Å². The molecule has 1 N–H and O–H groups in total. The molecular weight excluding hydrogens is 308 g/mol. The van der Waals surface area contributed by atoms with Gasteiger partial charge < -0.3 is 10.2 Å². The molecule has 0 fully saturated rings. The number of hydrogen-bond donors (Lipinski definition) is 1. The van der Waals surface area contributed by atoms with Crippen LogP contribution in [0, 0.1) is 21.4 Å². The second kappa shape index (κ2) is 6.38. The summed E-state index contributed by atoms with van der Waals surface area (Å²) in [6.07, 6.45) is 0.831. The lowest BCUT2D eigenvalue weighted by Crippen LogP contribution is -2.34. The minimum Gasteiger partial charge on any atom is -0.376 e. The molecule has 0 bridgehead atoms. The van der Waals surface area contributed by atoms with Gasteiger partial charge in [-0.1, -0.05) is 18.2 Å². The first-order valence-corrected chi connectivity index (χ1v) is 7.41. The van der Waals surface area contributed by atoms with Gasteiger partial charge in [0, 0.05) is 24.0 Å². The third-order valence-corrected chi connectivity index (χ3v) is 3.95. The maximum atomic E-state index is 12.4. The van der Waals surface area contributed by atoms with Crippen molar-refractivity contribution in [2.24, 2.45) is 0 Å². The van der Waals surface area contributed by atoms with Crippen LogP contribution in [0.5, 0.6) is 0 Å². The van der Waals surface area contributed by atoms with Gasteiger partial charge in [0.2, 0.25) is 5.91 Å². The molecular formula is C17H14N4O3. The molecule has 1 amide bonds. The van der Waals surface area contributed by atoms with Crippen LogP contribution < -0.4 is 10.2 Å². The molecule has 1 aliphatic heterocycles. The maximum Gasteiger partial charge on any atom is 0.287 e. The fraction of sp³-hybridized carbons (Fsp3) is 0.176. The highest BCUT2D eigenvalue weighted by Crippen LogP contribution is 2.27. The third kappa shape index (κ3) is 2.90. The van der Waals surface area contributed by atoms with Crippen LogP contribution >= 0.6 is 0 Å². The number of nitrogens with zero attached hydrogens (tertiary/aromatic N) is 3. The van der Waals surface area contributed by atoms with Crippen LogP contribution in [-0.2, 0) is 11.2 Å². The summed E-state index contributed by atoms with van der Waals surface area (Å²) in [6, 6.07) is 13.7. The van der Waals surface area contributed by atoms with E-state index in [1.165, 1.54) is 18.2 Å². The van der Waals surface area contributed by atoms with E-state index >= 15 is 0 Å². The number of amides is 1. The summed E-state index contributed by atoms with van der Waals surface area (Å²) in [7, 11) is 0. The molecule has 24 heavy (non-hydrogen) atoms. The van der Waals surface area contributed by atoms with Crippen molar-refractivity contribution in [2.75, 3.05) is 23.3 Å². The zero-order valence-electron chi connectivity index (χ0n) is 12.7. The first kappa shape index (κ1) is 15.5. The predicted octanol–water partition coefficient (Wildman–Crippen LogP) is 2.47. The number of rotatable bonds is 4. The van der Waals surface area contributed by atoms with Gasteiger partial charge in [0.1, 0.15) is 11.6 Å². The molecule has 0 atom stereocenters. The van der Waals surface area contributed by atoms with Gasteiger partial charge in [-0.25, -0.2) is 0 Å². The third-order valence-electron chi connectivity index (χ3n) is 3.95. The van der Waals surface area contributed by atoms with Crippen LogP contribution in [0.15, 0.2) is 42.5 Å². The average Bonchev–Trinajstić information content (AvgIpc) is 3.03. The Labute approximate surface area is 138 Å². The zero-order valence-corrected chi connectivity index (χ0v) is 12.7. The van der Waals surface area contributed by atoms with E-state index in [1.54, 1.807) is 11.0 Å². The molecule has 0 radical (unpaired) electrons. The molecule has 2 aromatic rings. The van der Waals surface area contributed by atoms with Crippen LogP contribution in [-0.4, -0.2) is 23.9 Å². The van der Waals surface area contributed by atoms with Crippen molar-refractivity contribution in [1.82, 2.24) is 0 Å². The van der Waals surface area contributed by atoms with E-state index in [0.717, 1.165) is 17.7 Å². The zero-order chi connectivity index (χ0) is 17.1. The van der Waals surface area contributed by atoms with Gasteiger partial charge in [0.15, 0.2) is 0 Å². The molecule has 0 saturated carbocycles. The number of nitriles is 1.